The van der Waals surface area contributed by atoms with Crippen molar-refractivity contribution in [1.82, 2.24) is 4.90 Å². The van der Waals surface area contributed by atoms with E-state index in [0.717, 1.165) is 36.3 Å². The molecule has 0 bridgehead atoms. The predicted molar refractivity (Wildman–Crippen MR) is 78.4 cm³/mol. The molecule has 0 radical (unpaired) electrons. The van der Waals surface area contributed by atoms with Gasteiger partial charge in [-0.15, -0.1) is 0 Å². The van der Waals surface area contributed by atoms with Crippen molar-refractivity contribution < 1.29 is 4.79 Å². The van der Waals surface area contributed by atoms with Gasteiger partial charge in [-0.1, -0.05) is 18.2 Å². The molecule has 1 aliphatic rings. The number of urea groups is 1. The fourth-order valence-corrected chi connectivity index (χ4v) is 2.90. The summed E-state index contributed by atoms with van der Waals surface area (Å²) in [5, 5.41) is 0. The molecule has 4 nitrogen and oxygen atoms in total. The summed E-state index contributed by atoms with van der Waals surface area (Å²) in [6, 6.07) is 6.24. The van der Waals surface area contributed by atoms with Gasteiger partial charge in [0.25, 0.3) is 0 Å². The van der Waals surface area contributed by atoms with Crippen molar-refractivity contribution >= 4 is 11.7 Å². The molecule has 1 heterocycles. The van der Waals surface area contributed by atoms with Crippen LogP contribution >= 0.6 is 0 Å². The van der Waals surface area contributed by atoms with Gasteiger partial charge in [0.1, 0.15) is 0 Å². The van der Waals surface area contributed by atoms with Gasteiger partial charge in [-0.3, -0.25) is 4.90 Å². The third-order valence-electron chi connectivity index (χ3n) is 3.81. The van der Waals surface area contributed by atoms with Gasteiger partial charge in [-0.25, -0.2) is 4.79 Å². The maximum absolute atomic E-state index is 12.4. The Balaban J connectivity index is 2.33. The highest BCUT2D eigenvalue weighted by Crippen LogP contribution is 2.29. The molecule has 1 atom stereocenters. The maximum Gasteiger partial charge on any atom is 0.324 e. The Morgan fingerprint density at radius 2 is 1.89 bits per heavy atom. The van der Waals surface area contributed by atoms with Crippen molar-refractivity contribution in [2.75, 3.05) is 31.6 Å². The molecular formula is C15H23N3O. The Bertz CT molecular complexity index is 452. The van der Waals surface area contributed by atoms with Crippen molar-refractivity contribution in [1.29, 1.82) is 0 Å². The monoisotopic (exact) mass is 261 g/mol. The van der Waals surface area contributed by atoms with E-state index in [1.54, 1.807) is 4.90 Å². The molecule has 2 rings (SSSR count). The van der Waals surface area contributed by atoms with Crippen LogP contribution in [0.4, 0.5) is 10.5 Å². The number of nitrogens with two attached hydrogens (primary N) is 1. The van der Waals surface area contributed by atoms with Crippen molar-refractivity contribution in [3.63, 3.8) is 0 Å². The minimum Gasteiger partial charge on any atom is -0.330 e. The van der Waals surface area contributed by atoms with Gasteiger partial charge >= 0.3 is 6.03 Å². The summed E-state index contributed by atoms with van der Waals surface area (Å²) < 4.78 is 0. The molecule has 0 aliphatic carbocycles. The number of amides is 2. The fourth-order valence-electron chi connectivity index (χ4n) is 2.90. The van der Waals surface area contributed by atoms with E-state index in [9.17, 15) is 4.79 Å². The van der Waals surface area contributed by atoms with E-state index in [-0.39, 0.29) is 6.03 Å². The SMILES string of the molecule is Cc1cccc(C)c1N1CC(CCN)CN(C)C1=O. The van der Waals surface area contributed by atoms with Crippen LogP contribution in [0.5, 0.6) is 0 Å². The topological polar surface area (TPSA) is 49.6 Å². The van der Waals surface area contributed by atoms with Crippen LogP contribution in [0.3, 0.4) is 0 Å². The first-order valence-electron chi connectivity index (χ1n) is 6.83. The second-order valence-corrected chi connectivity index (χ2v) is 5.46. The Kier molecular flexibility index (Phi) is 4.10. The van der Waals surface area contributed by atoms with E-state index in [2.05, 4.69) is 26.0 Å². The maximum atomic E-state index is 12.4. The van der Waals surface area contributed by atoms with E-state index in [1.807, 2.05) is 18.0 Å². The number of para-hydroxylation sites is 1. The fraction of sp³-hybridized carbons (Fsp3) is 0.533. The van der Waals surface area contributed by atoms with Gasteiger partial charge in [0.15, 0.2) is 0 Å². The molecular weight excluding hydrogens is 238 g/mol. The van der Waals surface area contributed by atoms with Crippen molar-refractivity contribution in [2.24, 2.45) is 11.7 Å². The lowest BCUT2D eigenvalue weighted by atomic mass is 10.00. The normalized spacial score (nSPS) is 20.0. The molecule has 19 heavy (non-hydrogen) atoms. The number of rotatable bonds is 3. The van der Waals surface area contributed by atoms with E-state index < -0.39 is 0 Å². The zero-order valence-electron chi connectivity index (χ0n) is 12.0. The smallest absolute Gasteiger partial charge is 0.324 e. The van der Waals surface area contributed by atoms with Crippen LogP contribution in [0.1, 0.15) is 17.5 Å². The summed E-state index contributed by atoms with van der Waals surface area (Å²) in [5.41, 5.74) is 9.01. The summed E-state index contributed by atoms with van der Waals surface area (Å²) in [6.07, 6.45) is 0.957. The Morgan fingerprint density at radius 3 is 2.47 bits per heavy atom. The summed E-state index contributed by atoms with van der Waals surface area (Å²) in [4.78, 5) is 16.1. The van der Waals surface area contributed by atoms with Gasteiger partial charge < -0.3 is 10.6 Å². The number of anilines is 1. The standard InChI is InChI=1S/C15H23N3O/c1-11-5-4-6-12(2)14(11)18-10-13(7-8-16)9-17(3)15(18)19/h4-6,13H,7-10,16H2,1-3H3. The molecule has 0 saturated carbocycles. The molecule has 1 unspecified atom stereocenters. The van der Waals surface area contributed by atoms with E-state index in [1.165, 1.54) is 0 Å². The van der Waals surface area contributed by atoms with E-state index >= 15 is 0 Å². The van der Waals surface area contributed by atoms with E-state index in [4.69, 9.17) is 5.73 Å². The summed E-state index contributed by atoms with van der Waals surface area (Å²) in [6.45, 7) is 6.36. The van der Waals surface area contributed by atoms with Crippen molar-refractivity contribution in [3.05, 3.63) is 29.3 Å². The van der Waals surface area contributed by atoms with Crippen LogP contribution in [0.15, 0.2) is 18.2 Å². The number of hydrogen-bond donors (Lipinski definition) is 1. The third kappa shape index (κ3) is 2.73. The van der Waals surface area contributed by atoms with Crippen LogP contribution in [-0.4, -0.2) is 37.6 Å². The second kappa shape index (κ2) is 5.61. The number of nitrogens with zero attached hydrogens (tertiary/aromatic N) is 2. The molecule has 1 aromatic carbocycles. The quantitative estimate of drug-likeness (QED) is 0.906. The van der Waals surface area contributed by atoms with Gasteiger partial charge in [0.2, 0.25) is 0 Å². The lowest BCUT2D eigenvalue weighted by Gasteiger charge is -2.39. The molecule has 0 spiro atoms. The molecule has 0 aromatic heterocycles. The highest BCUT2D eigenvalue weighted by Gasteiger charge is 2.31. The number of aryl methyl sites for hydroxylation is 2. The van der Waals surface area contributed by atoms with Gasteiger partial charge in [0, 0.05) is 20.1 Å². The number of carbonyl (C=O) groups excluding carboxylic acids is 1. The molecule has 4 heteroatoms. The first kappa shape index (κ1) is 13.9. The molecule has 1 aromatic rings. The molecule has 2 N–H and O–H groups in total. The largest absolute Gasteiger partial charge is 0.330 e. The van der Waals surface area contributed by atoms with Gasteiger partial charge in [-0.05, 0) is 43.9 Å². The van der Waals surface area contributed by atoms with Crippen LogP contribution in [0.2, 0.25) is 0 Å². The average molecular weight is 261 g/mol. The lowest BCUT2D eigenvalue weighted by molar-refractivity contribution is 0.191. The number of carbonyl (C=O) groups is 1. The average Bonchev–Trinajstić information content (AvgIpc) is 2.35. The zero-order chi connectivity index (χ0) is 14.0. The Labute approximate surface area is 115 Å². The summed E-state index contributed by atoms with van der Waals surface area (Å²) in [7, 11) is 1.87. The molecule has 1 fully saturated rings. The first-order chi connectivity index (χ1) is 9.04. The molecule has 2 amide bonds. The van der Waals surface area contributed by atoms with Crippen molar-refractivity contribution in [2.45, 2.75) is 20.3 Å². The minimum atomic E-state index is 0.0886. The minimum absolute atomic E-state index is 0.0886. The first-order valence-corrected chi connectivity index (χ1v) is 6.83. The lowest BCUT2D eigenvalue weighted by Crippen LogP contribution is -2.52. The summed E-state index contributed by atoms with van der Waals surface area (Å²) in [5.74, 6) is 0.451. The van der Waals surface area contributed by atoms with E-state index in [0.29, 0.717) is 12.5 Å². The molecule has 1 saturated heterocycles. The third-order valence-corrected chi connectivity index (χ3v) is 3.81. The van der Waals surface area contributed by atoms with Crippen LogP contribution < -0.4 is 10.6 Å². The van der Waals surface area contributed by atoms with Gasteiger partial charge in [-0.2, -0.15) is 0 Å². The van der Waals surface area contributed by atoms with Crippen LogP contribution in [0, 0.1) is 19.8 Å². The van der Waals surface area contributed by atoms with Crippen LogP contribution in [-0.2, 0) is 0 Å². The highest BCUT2D eigenvalue weighted by atomic mass is 16.2. The van der Waals surface area contributed by atoms with Crippen molar-refractivity contribution in [3.8, 4) is 0 Å². The van der Waals surface area contributed by atoms with Crippen LogP contribution in [0.25, 0.3) is 0 Å². The number of hydrogen-bond acceptors (Lipinski definition) is 2. The van der Waals surface area contributed by atoms with Gasteiger partial charge in [0.05, 0.1) is 5.69 Å². The second-order valence-electron chi connectivity index (χ2n) is 5.46. The zero-order valence-corrected chi connectivity index (χ0v) is 12.0. The molecule has 104 valence electrons. The highest BCUT2D eigenvalue weighted by molar-refractivity contribution is 5.94. The number of benzene rings is 1. The molecule has 1 aliphatic heterocycles. The Hall–Kier alpha value is -1.55. The predicted octanol–water partition coefficient (Wildman–Crippen LogP) is 2.14. The summed E-state index contributed by atoms with van der Waals surface area (Å²) >= 11 is 0. The Morgan fingerprint density at radius 1 is 1.26 bits per heavy atom.